The van der Waals surface area contributed by atoms with Crippen LogP contribution in [0.2, 0.25) is 0 Å². The molecule has 2 aliphatic heterocycles. The zero-order valence-electron chi connectivity index (χ0n) is 7.10. The molecule has 0 unspecified atom stereocenters. The highest BCUT2D eigenvalue weighted by atomic mass is 32.2. The minimum Gasteiger partial charge on any atom is -0.449 e. The van der Waals surface area contributed by atoms with Crippen molar-refractivity contribution in [1.82, 2.24) is 0 Å². The molecule has 0 aliphatic carbocycles. The molecule has 3 rings (SSSR count). The summed E-state index contributed by atoms with van der Waals surface area (Å²) in [6.07, 6.45) is 1.49. The minimum atomic E-state index is -3.28. The zero-order valence-corrected chi connectivity index (χ0v) is 7.91. The molecule has 0 saturated carbocycles. The number of allylic oxidation sites excluding steroid dienone is 1. The molecule has 2 heterocycles. The lowest BCUT2D eigenvalue weighted by atomic mass is 10.2. The second-order valence-corrected chi connectivity index (χ2v) is 4.94. The number of hydrogen-bond acceptors (Lipinski definition) is 3. The van der Waals surface area contributed by atoms with Crippen molar-refractivity contribution in [2.45, 2.75) is 4.90 Å². The van der Waals surface area contributed by atoms with Gasteiger partial charge in [-0.1, -0.05) is 12.1 Å². The standard InChI is InChI=1S/C10H6O3S/c11-14(12)6-5-8-10(13-8)7-3-1-2-4-9(7)14/h1-6H. The molecule has 14 heavy (non-hydrogen) atoms. The number of sulfone groups is 1. The maximum absolute atomic E-state index is 11.7. The van der Waals surface area contributed by atoms with Crippen molar-refractivity contribution < 1.29 is 13.2 Å². The molecule has 4 heteroatoms. The molecule has 3 nitrogen and oxygen atoms in total. The Morgan fingerprint density at radius 3 is 2.79 bits per heavy atom. The normalized spacial score (nSPS) is 20.6. The van der Waals surface area contributed by atoms with E-state index in [1.165, 1.54) is 11.5 Å². The Morgan fingerprint density at radius 2 is 1.93 bits per heavy atom. The molecule has 0 fully saturated rings. The third kappa shape index (κ3) is 0.943. The smallest absolute Gasteiger partial charge is 0.200 e. The maximum atomic E-state index is 11.7. The van der Waals surface area contributed by atoms with Crippen LogP contribution in [0.3, 0.4) is 0 Å². The highest BCUT2D eigenvalue weighted by Gasteiger charge is 2.32. The van der Waals surface area contributed by atoms with Crippen LogP contribution in [0.25, 0.3) is 5.76 Å². The molecule has 0 atom stereocenters. The van der Waals surface area contributed by atoms with E-state index in [1.807, 2.05) is 0 Å². The lowest BCUT2D eigenvalue weighted by molar-refractivity contribution is 0.532. The number of ether oxygens (including phenoxy) is 1. The van der Waals surface area contributed by atoms with E-state index in [4.69, 9.17) is 4.74 Å². The molecule has 0 aromatic heterocycles. The Morgan fingerprint density at radius 1 is 1.14 bits per heavy atom. The number of fused-ring (bicyclic) bond motifs is 2. The molecule has 0 N–H and O–H groups in total. The molecule has 0 radical (unpaired) electrons. The number of hydrogen-bond donors (Lipinski definition) is 0. The van der Waals surface area contributed by atoms with Crippen LogP contribution in [0.1, 0.15) is 5.56 Å². The van der Waals surface area contributed by atoms with E-state index in [-0.39, 0.29) is 0 Å². The Hall–Kier alpha value is -1.55. The van der Waals surface area contributed by atoms with Gasteiger partial charge in [0.05, 0.1) is 4.90 Å². The van der Waals surface area contributed by atoms with E-state index in [0.717, 1.165) is 0 Å². The van der Waals surface area contributed by atoms with Gasteiger partial charge in [-0.2, -0.15) is 0 Å². The largest absolute Gasteiger partial charge is 0.449 e. The van der Waals surface area contributed by atoms with Crippen molar-refractivity contribution in [2.75, 3.05) is 0 Å². The van der Waals surface area contributed by atoms with Gasteiger partial charge in [0.15, 0.2) is 11.5 Å². The predicted molar refractivity (Wildman–Crippen MR) is 50.8 cm³/mol. The average Bonchev–Trinajstić information content (AvgIpc) is 2.93. The van der Waals surface area contributed by atoms with Crippen LogP contribution in [-0.2, 0) is 14.6 Å². The summed E-state index contributed by atoms with van der Waals surface area (Å²) in [5.41, 5.74) is 0.660. The van der Waals surface area contributed by atoms with E-state index in [1.54, 1.807) is 24.3 Å². The van der Waals surface area contributed by atoms with Gasteiger partial charge in [-0.15, -0.1) is 0 Å². The fourth-order valence-electron chi connectivity index (χ4n) is 1.51. The summed E-state index contributed by atoms with van der Waals surface area (Å²) in [5.74, 6) is 1.33. The first-order chi connectivity index (χ1) is 6.68. The van der Waals surface area contributed by atoms with Crippen molar-refractivity contribution in [3.8, 4) is 0 Å². The summed E-state index contributed by atoms with van der Waals surface area (Å²) in [7, 11) is -3.28. The quantitative estimate of drug-likeness (QED) is 0.648. The highest BCUT2D eigenvalue weighted by Crippen LogP contribution is 2.42. The molecule has 1 aromatic carbocycles. The lowest BCUT2D eigenvalue weighted by Gasteiger charge is -2.02. The van der Waals surface area contributed by atoms with Gasteiger partial charge in [-0.25, -0.2) is 8.42 Å². The van der Waals surface area contributed by atoms with Gasteiger partial charge >= 0.3 is 0 Å². The van der Waals surface area contributed by atoms with Crippen molar-refractivity contribution in [1.29, 1.82) is 0 Å². The van der Waals surface area contributed by atoms with Crippen molar-refractivity contribution in [3.63, 3.8) is 0 Å². The van der Waals surface area contributed by atoms with Crippen molar-refractivity contribution in [3.05, 3.63) is 47.1 Å². The van der Waals surface area contributed by atoms with Crippen LogP contribution in [0.15, 0.2) is 46.4 Å². The molecule has 1 aromatic rings. The summed E-state index contributed by atoms with van der Waals surface area (Å²) in [5, 5.41) is 1.18. The van der Waals surface area contributed by atoms with Gasteiger partial charge in [0.25, 0.3) is 0 Å². The third-order valence-corrected chi connectivity index (χ3v) is 3.69. The highest BCUT2D eigenvalue weighted by molar-refractivity contribution is 7.94. The first-order valence-electron chi connectivity index (χ1n) is 4.13. The molecule has 70 valence electrons. The second kappa shape index (κ2) is 2.27. The van der Waals surface area contributed by atoms with Crippen LogP contribution in [0.5, 0.6) is 0 Å². The second-order valence-electron chi connectivity index (χ2n) is 3.14. The van der Waals surface area contributed by atoms with Gasteiger partial charge in [0, 0.05) is 11.0 Å². The summed E-state index contributed by atoms with van der Waals surface area (Å²) < 4.78 is 28.5. The van der Waals surface area contributed by atoms with Crippen LogP contribution in [-0.4, -0.2) is 8.42 Å². The molecule has 0 bridgehead atoms. The topological polar surface area (TPSA) is 46.7 Å². The molecular formula is C10H6O3S. The predicted octanol–water partition coefficient (Wildman–Crippen LogP) is 1.69. The number of rotatable bonds is 0. The van der Waals surface area contributed by atoms with Gasteiger partial charge in [0.2, 0.25) is 9.84 Å². The Kier molecular flexibility index (Phi) is 1.27. The fraction of sp³-hybridized carbons (Fsp3) is 0. The van der Waals surface area contributed by atoms with Gasteiger partial charge in [-0.05, 0) is 18.2 Å². The molecule has 0 amide bonds. The van der Waals surface area contributed by atoms with E-state index < -0.39 is 9.84 Å². The molecule has 2 aliphatic rings. The van der Waals surface area contributed by atoms with Crippen LogP contribution in [0.4, 0.5) is 0 Å². The third-order valence-electron chi connectivity index (χ3n) is 2.23. The molecule has 0 spiro atoms. The minimum absolute atomic E-state index is 0.318. The van der Waals surface area contributed by atoms with E-state index in [0.29, 0.717) is 22.0 Å². The van der Waals surface area contributed by atoms with Crippen LogP contribution < -0.4 is 0 Å². The van der Waals surface area contributed by atoms with Crippen molar-refractivity contribution in [2.24, 2.45) is 0 Å². The van der Waals surface area contributed by atoms with Gasteiger partial charge in [-0.3, -0.25) is 0 Å². The fourth-order valence-corrected chi connectivity index (χ4v) is 2.69. The van der Waals surface area contributed by atoms with Crippen LogP contribution in [0, 0.1) is 0 Å². The zero-order chi connectivity index (χ0) is 9.76. The summed E-state index contributed by atoms with van der Waals surface area (Å²) in [4.78, 5) is 0.318. The maximum Gasteiger partial charge on any atom is 0.200 e. The first kappa shape index (κ1) is 7.82. The van der Waals surface area contributed by atoms with Gasteiger partial charge in [0.1, 0.15) is 0 Å². The lowest BCUT2D eigenvalue weighted by Crippen LogP contribution is -1.98. The summed E-state index contributed by atoms with van der Waals surface area (Å²) >= 11 is 0. The van der Waals surface area contributed by atoms with Crippen LogP contribution >= 0.6 is 0 Å². The van der Waals surface area contributed by atoms with Gasteiger partial charge < -0.3 is 4.74 Å². The van der Waals surface area contributed by atoms with E-state index in [2.05, 4.69) is 0 Å². The average molecular weight is 206 g/mol. The molecule has 0 saturated heterocycles. The summed E-state index contributed by atoms with van der Waals surface area (Å²) in [6.45, 7) is 0. The van der Waals surface area contributed by atoms with E-state index >= 15 is 0 Å². The number of benzene rings is 1. The first-order valence-corrected chi connectivity index (χ1v) is 5.68. The monoisotopic (exact) mass is 206 g/mol. The Bertz CT molecular complexity index is 579. The van der Waals surface area contributed by atoms with Crippen molar-refractivity contribution >= 4 is 15.6 Å². The summed E-state index contributed by atoms with van der Waals surface area (Å²) in [6, 6.07) is 6.85. The van der Waals surface area contributed by atoms with E-state index in [9.17, 15) is 8.42 Å². The molecular weight excluding hydrogens is 200 g/mol. The Balaban J connectivity index is 2.40. The Labute approximate surface area is 81.2 Å². The SMILES string of the molecule is O=S1(=O)C=CC2=C(O2)c2ccccc21.